The first-order chi connectivity index (χ1) is 5.43. The fourth-order valence-corrected chi connectivity index (χ4v) is 2.03. The van der Waals surface area contributed by atoms with Gasteiger partial charge in [-0.15, -0.1) is 0 Å². The number of hydrogen-bond donors (Lipinski definition) is 0. The third kappa shape index (κ3) is 3.48. The molecule has 0 amide bonds. The minimum atomic E-state index is 0.900. The standard InChI is InChI=1S/C9H14NP/c1-2-3-8-11-9-6-4-5-7-10-9/h4-7,11H,2-3,8H2,1H3. The first-order valence-electron chi connectivity index (χ1n) is 4.08. The summed E-state index contributed by atoms with van der Waals surface area (Å²) in [6.45, 7) is 2.23. The molecule has 0 aliphatic rings. The van der Waals surface area contributed by atoms with Crippen molar-refractivity contribution in [1.29, 1.82) is 0 Å². The smallest absolute Gasteiger partial charge is 0.0600 e. The van der Waals surface area contributed by atoms with Crippen LogP contribution < -0.4 is 5.44 Å². The molecular weight excluding hydrogens is 153 g/mol. The van der Waals surface area contributed by atoms with Gasteiger partial charge in [-0.1, -0.05) is 28.0 Å². The molecular formula is C9H14NP. The molecule has 0 spiro atoms. The summed E-state index contributed by atoms with van der Waals surface area (Å²) in [6.07, 6.45) is 5.79. The fourth-order valence-electron chi connectivity index (χ4n) is 0.861. The van der Waals surface area contributed by atoms with E-state index in [4.69, 9.17) is 0 Å². The monoisotopic (exact) mass is 167 g/mol. The fraction of sp³-hybridized carbons (Fsp3) is 0.444. The maximum absolute atomic E-state index is 4.26. The van der Waals surface area contributed by atoms with Gasteiger partial charge in [0.2, 0.25) is 0 Å². The van der Waals surface area contributed by atoms with E-state index < -0.39 is 0 Å². The van der Waals surface area contributed by atoms with Gasteiger partial charge in [-0.25, -0.2) is 0 Å². The van der Waals surface area contributed by atoms with Gasteiger partial charge in [-0.05, 0) is 24.7 Å². The Morgan fingerprint density at radius 3 is 3.00 bits per heavy atom. The van der Waals surface area contributed by atoms with E-state index >= 15 is 0 Å². The summed E-state index contributed by atoms with van der Waals surface area (Å²) in [6, 6.07) is 6.13. The molecule has 1 heterocycles. The summed E-state index contributed by atoms with van der Waals surface area (Å²) >= 11 is 0. The molecule has 0 aliphatic heterocycles. The van der Waals surface area contributed by atoms with Gasteiger partial charge in [-0.2, -0.15) is 0 Å². The third-order valence-corrected chi connectivity index (χ3v) is 2.76. The largest absolute Gasteiger partial charge is 0.257 e. The molecule has 0 N–H and O–H groups in total. The molecule has 0 fully saturated rings. The Labute approximate surface area is 70.0 Å². The third-order valence-electron chi connectivity index (χ3n) is 1.50. The van der Waals surface area contributed by atoms with Crippen molar-refractivity contribution in [2.45, 2.75) is 19.8 Å². The topological polar surface area (TPSA) is 12.9 Å². The summed E-state index contributed by atoms with van der Waals surface area (Å²) in [5, 5.41) is 0. The SMILES string of the molecule is CCCCPc1ccccn1. The highest BCUT2D eigenvalue weighted by molar-refractivity contribution is 7.46. The maximum Gasteiger partial charge on any atom is 0.0600 e. The molecule has 0 radical (unpaired) electrons. The second kappa shape index (κ2) is 5.26. The lowest BCUT2D eigenvalue weighted by Gasteiger charge is -1.97. The van der Waals surface area contributed by atoms with Gasteiger partial charge in [0.05, 0.1) is 5.44 Å². The van der Waals surface area contributed by atoms with Crippen molar-refractivity contribution in [2.24, 2.45) is 0 Å². The van der Waals surface area contributed by atoms with Gasteiger partial charge in [0.25, 0.3) is 0 Å². The Morgan fingerprint density at radius 2 is 2.36 bits per heavy atom. The Hall–Kier alpha value is -0.420. The van der Waals surface area contributed by atoms with Crippen LogP contribution in [0.2, 0.25) is 0 Å². The highest BCUT2D eigenvalue weighted by atomic mass is 31.1. The first kappa shape index (κ1) is 8.67. The number of aromatic nitrogens is 1. The summed E-state index contributed by atoms with van der Waals surface area (Å²) in [5.74, 6) is 0. The lowest BCUT2D eigenvalue weighted by atomic mass is 10.4. The zero-order valence-corrected chi connectivity index (χ0v) is 7.88. The molecule has 60 valence electrons. The van der Waals surface area contributed by atoms with Crippen LogP contribution in [0.5, 0.6) is 0 Å². The number of nitrogens with zero attached hydrogens (tertiary/aromatic N) is 1. The molecule has 0 aromatic carbocycles. The highest BCUT2D eigenvalue weighted by Gasteiger charge is 1.90. The van der Waals surface area contributed by atoms with E-state index in [0.717, 1.165) is 8.58 Å². The zero-order chi connectivity index (χ0) is 7.94. The van der Waals surface area contributed by atoms with Crippen molar-refractivity contribution in [1.82, 2.24) is 4.98 Å². The molecule has 1 rings (SSSR count). The van der Waals surface area contributed by atoms with E-state index in [0.29, 0.717) is 0 Å². The van der Waals surface area contributed by atoms with Gasteiger partial charge >= 0.3 is 0 Å². The van der Waals surface area contributed by atoms with Crippen LogP contribution in [0.1, 0.15) is 19.8 Å². The van der Waals surface area contributed by atoms with Crippen LogP contribution >= 0.6 is 8.58 Å². The highest BCUT2D eigenvalue weighted by Crippen LogP contribution is 2.09. The van der Waals surface area contributed by atoms with E-state index in [2.05, 4.69) is 24.0 Å². The van der Waals surface area contributed by atoms with E-state index in [9.17, 15) is 0 Å². The van der Waals surface area contributed by atoms with Crippen LogP contribution in [0.4, 0.5) is 0 Å². The Morgan fingerprint density at radius 1 is 1.45 bits per heavy atom. The molecule has 1 aromatic rings. The second-order valence-electron chi connectivity index (χ2n) is 2.50. The second-order valence-corrected chi connectivity index (χ2v) is 3.86. The molecule has 1 nitrogen and oxygen atoms in total. The van der Waals surface area contributed by atoms with Gasteiger partial charge < -0.3 is 0 Å². The van der Waals surface area contributed by atoms with E-state index in [1.807, 2.05) is 12.3 Å². The molecule has 1 aromatic heterocycles. The van der Waals surface area contributed by atoms with Gasteiger partial charge in [0.15, 0.2) is 0 Å². The minimum absolute atomic E-state index is 0.900. The molecule has 0 bridgehead atoms. The van der Waals surface area contributed by atoms with Crippen LogP contribution in [0.3, 0.4) is 0 Å². The summed E-state index contributed by atoms with van der Waals surface area (Å²) in [7, 11) is 0.900. The summed E-state index contributed by atoms with van der Waals surface area (Å²) in [5.41, 5.74) is 1.25. The molecule has 2 heteroatoms. The Balaban J connectivity index is 2.28. The molecule has 1 unspecified atom stereocenters. The maximum atomic E-state index is 4.26. The van der Waals surface area contributed by atoms with E-state index in [1.54, 1.807) is 0 Å². The van der Waals surface area contributed by atoms with Gasteiger partial charge in [0.1, 0.15) is 0 Å². The molecule has 0 saturated heterocycles. The average molecular weight is 167 g/mol. The van der Waals surface area contributed by atoms with Crippen molar-refractivity contribution >= 4 is 14.0 Å². The lowest BCUT2D eigenvalue weighted by Crippen LogP contribution is -1.99. The predicted octanol–water partition coefficient (Wildman–Crippen LogP) is 2.19. The van der Waals surface area contributed by atoms with Crippen LogP contribution in [0.15, 0.2) is 24.4 Å². The predicted molar refractivity (Wildman–Crippen MR) is 52.0 cm³/mol. The first-order valence-corrected chi connectivity index (χ1v) is 5.29. The molecule has 1 atom stereocenters. The van der Waals surface area contributed by atoms with Crippen molar-refractivity contribution < 1.29 is 0 Å². The Kier molecular flexibility index (Phi) is 4.15. The van der Waals surface area contributed by atoms with Crippen LogP contribution in [0, 0.1) is 0 Å². The van der Waals surface area contributed by atoms with E-state index in [-0.39, 0.29) is 0 Å². The van der Waals surface area contributed by atoms with Crippen LogP contribution in [-0.2, 0) is 0 Å². The van der Waals surface area contributed by atoms with Crippen LogP contribution in [-0.4, -0.2) is 11.1 Å². The van der Waals surface area contributed by atoms with Crippen LogP contribution in [0.25, 0.3) is 0 Å². The quantitative estimate of drug-likeness (QED) is 0.494. The molecule has 0 aliphatic carbocycles. The lowest BCUT2D eigenvalue weighted by molar-refractivity contribution is 0.895. The summed E-state index contributed by atoms with van der Waals surface area (Å²) < 4.78 is 0. The van der Waals surface area contributed by atoms with Crippen molar-refractivity contribution in [3.05, 3.63) is 24.4 Å². The average Bonchev–Trinajstić information content (AvgIpc) is 2.07. The van der Waals surface area contributed by atoms with Gasteiger partial charge in [-0.3, -0.25) is 4.98 Å². The number of pyridine rings is 1. The number of unbranched alkanes of at least 4 members (excludes halogenated alkanes) is 1. The zero-order valence-electron chi connectivity index (χ0n) is 6.88. The van der Waals surface area contributed by atoms with E-state index in [1.165, 1.54) is 24.4 Å². The molecule has 11 heavy (non-hydrogen) atoms. The Bertz CT molecular complexity index is 186. The molecule has 0 saturated carbocycles. The normalized spacial score (nSPS) is 11.0. The number of hydrogen-bond acceptors (Lipinski definition) is 1. The summed E-state index contributed by atoms with van der Waals surface area (Å²) in [4.78, 5) is 4.26. The number of rotatable bonds is 4. The van der Waals surface area contributed by atoms with Crippen molar-refractivity contribution in [3.8, 4) is 0 Å². The van der Waals surface area contributed by atoms with Crippen molar-refractivity contribution in [3.63, 3.8) is 0 Å². The van der Waals surface area contributed by atoms with Gasteiger partial charge in [0, 0.05) is 6.20 Å². The minimum Gasteiger partial charge on any atom is -0.257 e. The van der Waals surface area contributed by atoms with Crippen molar-refractivity contribution in [2.75, 3.05) is 6.16 Å².